The Hall–Kier alpha value is -0.570. The summed E-state index contributed by atoms with van der Waals surface area (Å²) >= 11 is 0. The van der Waals surface area contributed by atoms with Gasteiger partial charge >= 0.3 is 0 Å². The highest BCUT2D eigenvalue weighted by molar-refractivity contribution is 5.79. The van der Waals surface area contributed by atoms with E-state index in [1.165, 1.54) is 19.3 Å². The van der Waals surface area contributed by atoms with Crippen molar-refractivity contribution in [1.82, 2.24) is 0 Å². The molecule has 0 aromatic heterocycles. The SMILES string of the molecule is CC(COC1CCC1)C(=N)N. The second-order valence-corrected chi connectivity index (χ2v) is 3.24. The highest BCUT2D eigenvalue weighted by Gasteiger charge is 2.18. The zero-order valence-electron chi connectivity index (χ0n) is 6.97. The number of hydrogen-bond acceptors (Lipinski definition) is 2. The van der Waals surface area contributed by atoms with Crippen LogP contribution in [0.1, 0.15) is 26.2 Å². The van der Waals surface area contributed by atoms with Crippen molar-refractivity contribution in [2.75, 3.05) is 6.61 Å². The molecule has 3 heteroatoms. The summed E-state index contributed by atoms with van der Waals surface area (Å²) in [6.45, 7) is 2.53. The predicted molar refractivity (Wildman–Crippen MR) is 44.7 cm³/mol. The molecule has 0 aliphatic heterocycles. The first-order valence-corrected chi connectivity index (χ1v) is 4.15. The molecule has 1 fully saturated rings. The first kappa shape index (κ1) is 8.53. The van der Waals surface area contributed by atoms with Crippen molar-refractivity contribution in [3.63, 3.8) is 0 Å². The van der Waals surface area contributed by atoms with Crippen LogP contribution in [0.4, 0.5) is 0 Å². The zero-order valence-corrected chi connectivity index (χ0v) is 6.97. The van der Waals surface area contributed by atoms with Crippen LogP contribution in [0.3, 0.4) is 0 Å². The van der Waals surface area contributed by atoms with Crippen molar-refractivity contribution in [2.45, 2.75) is 32.3 Å². The standard InChI is InChI=1S/C8H16N2O/c1-6(8(9)10)5-11-7-3-2-4-7/h6-7H,2-5H2,1H3,(H3,9,10). The molecule has 64 valence electrons. The van der Waals surface area contributed by atoms with Gasteiger partial charge in [0.05, 0.1) is 18.5 Å². The maximum atomic E-state index is 7.12. The minimum atomic E-state index is 0.0793. The predicted octanol–water partition coefficient (Wildman–Crippen LogP) is 1.13. The van der Waals surface area contributed by atoms with E-state index in [0.717, 1.165) is 0 Å². The minimum absolute atomic E-state index is 0.0793. The maximum Gasteiger partial charge on any atom is 0.0957 e. The van der Waals surface area contributed by atoms with Crippen molar-refractivity contribution >= 4 is 5.84 Å². The summed E-state index contributed by atoms with van der Waals surface area (Å²) in [5, 5.41) is 7.12. The first-order valence-electron chi connectivity index (χ1n) is 4.15. The van der Waals surface area contributed by atoms with Crippen molar-refractivity contribution in [2.24, 2.45) is 11.7 Å². The van der Waals surface area contributed by atoms with E-state index in [9.17, 15) is 0 Å². The fraction of sp³-hybridized carbons (Fsp3) is 0.875. The van der Waals surface area contributed by atoms with Gasteiger partial charge in [0, 0.05) is 5.92 Å². The van der Waals surface area contributed by atoms with Crippen LogP contribution in [0, 0.1) is 11.3 Å². The van der Waals surface area contributed by atoms with E-state index >= 15 is 0 Å². The molecular formula is C8H16N2O. The molecule has 1 aliphatic carbocycles. The molecule has 0 aromatic carbocycles. The minimum Gasteiger partial charge on any atom is -0.387 e. The van der Waals surface area contributed by atoms with Crippen LogP contribution < -0.4 is 5.73 Å². The number of ether oxygens (including phenoxy) is 1. The lowest BCUT2D eigenvalue weighted by Crippen LogP contribution is -2.29. The molecule has 1 unspecified atom stereocenters. The number of nitrogens with one attached hydrogen (secondary N) is 1. The number of amidine groups is 1. The van der Waals surface area contributed by atoms with Crippen molar-refractivity contribution < 1.29 is 4.74 Å². The summed E-state index contributed by atoms with van der Waals surface area (Å²) in [5.41, 5.74) is 5.28. The highest BCUT2D eigenvalue weighted by atomic mass is 16.5. The van der Waals surface area contributed by atoms with Crippen LogP contribution in [0.25, 0.3) is 0 Å². The van der Waals surface area contributed by atoms with Crippen LogP contribution in [0.5, 0.6) is 0 Å². The Morgan fingerprint density at radius 1 is 1.73 bits per heavy atom. The molecule has 3 nitrogen and oxygen atoms in total. The largest absolute Gasteiger partial charge is 0.387 e. The molecule has 0 bridgehead atoms. The zero-order chi connectivity index (χ0) is 8.27. The number of rotatable bonds is 4. The van der Waals surface area contributed by atoms with Crippen LogP contribution >= 0.6 is 0 Å². The number of nitrogens with two attached hydrogens (primary N) is 1. The van der Waals surface area contributed by atoms with E-state index < -0.39 is 0 Å². The monoisotopic (exact) mass is 156 g/mol. The van der Waals surface area contributed by atoms with Gasteiger partial charge in [0.25, 0.3) is 0 Å². The van der Waals surface area contributed by atoms with Crippen molar-refractivity contribution in [3.05, 3.63) is 0 Å². The van der Waals surface area contributed by atoms with E-state index in [1.807, 2.05) is 6.92 Å². The molecule has 0 saturated heterocycles. The Kier molecular flexibility index (Phi) is 2.88. The van der Waals surface area contributed by atoms with Gasteiger partial charge in [-0.15, -0.1) is 0 Å². The van der Waals surface area contributed by atoms with Gasteiger partial charge in [-0.2, -0.15) is 0 Å². The lowest BCUT2D eigenvalue weighted by molar-refractivity contribution is -0.00492. The lowest BCUT2D eigenvalue weighted by atomic mass is 9.96. The Morgan fingerprint density at radius 3 is 2.73 bits per heavy atom. The normalized spacial score (nSPS) is 20.8. The average Bonchev–Trinajstić information content (AvgIpc) is 1.83. The molecule has 3 N–H and O–H groups in total. The summed E-state index contributed by atoms with van der Waals surface area (Å²) in [5.74, 6) is 0.305. The fourth-order valence-corrected chi connectivity index (χ4v) is 0.908. The summed E-state index contributed by atoms with van der Waals surface area (Å²) in [6, 6.07) is 0. The summed E-state index contributed by atoms with van der Waals surface area (Å²) in [4.78, 5) is 0. The Morgan fingerprint density at radius 2 is 2.36 bits per heavy atom. The van der Waals surface area contributed by atoms with Gasteiger partial charge < -0.3 is 10.5 Å². The van der Waals surface area contributed by atoms with Crippen LogP contribution in [-0.4, -0.2) is 18.5 Å². The second kappa shape index (κ2) is 3.72. The Labute approximate surface area is 67.4 Å². The van der Waals surface area contributed by atoms with E-state index in [0.29, 0.717) is 12.7 Å². The third-order valence-corrected chi connectivity index (χ3v) is 2.17. The molecule has 1 rings (SSSR count). The van der Waals surface area contributed by atoms with Crippen LogP contribution in [-0.2, 0) is 4.74 Å². The summed E-state index contributed by atoms with van der Waals surface area (Å²) < 4.78 is 5.48. The quantitative estimate of drug-likeness (QED) is 0.473. The number of hydrogen-bond donors (Lipinski definition) is 2. The molecular weight excluding hydrogens is 140 g/mol. The van der Waals surface area contributed by atoms with Crippen LogP contribution in [0.15, 0.2) is 0 Å². The maximum absolute atomic E-state index is 7.12. The van der Waals surface area contributed by atoms with Gasteiger partial charge in [0.15, 0.2) is 0 Å². The molecule has 11 heavy (non-hydrogen) atoms. The third-order valence-electron chi connectivity index (χ3n) is 2.17. The molecule has 1 saturated carbocycles. The van der Waals surface area contributed by atoms with Crippen molar-refractivity contribution in [1.29, 1.82) is 5.41 Å². The van der Waals surface area contributed by atoms with E-state index in [1.54, 1.807) is 0 Å². The van der Waals surface area contributed by atoms with E-state index in [4.69, 9.17) is 15.9 Å². The van der Waals surface area contributed by atoms with Crippen molar-refractivity contribution in [3.8, 4) is 0 Å². The lowest BCUT2D eigenvalue weighted by Gasteiger charge is -2.26. The van der Waals surface area contributed by atoms with Crippen LogP contribution in [0.2, 0.25) is 0 Å². The van der Waals surface area contributed by atoms with Gasteiger partial charge in [0.2, 0.25) is 0 Å². The molecule has 0 amide bonds. The van der Waals surface area contributed by atoms with Gasteiger partial charge in [-0.05, 0) is 19.3 Å². The van der Waals surface area contributed by atoms with Gasteiger partial charge in [-0.1, -0.05) is 6.92 Å². The highest BCUT2D eigenvalue weighted by Crippen LogP contribution is 2.22. The molecule has 0 aromatic rings. The molecule has 0 heterocycles. The molecule has 0 radical (unpaired) electrons. The molecule has 0 spiro atoms. The Bertz CT molecular complexity index is 143. The smallest absolute Gasteiger partial charge is 0.0957 e. The van der Waals surface area contributed by atoms with E-state index in [-0.39, 0.29) is 11.8 Å². The summed E-state index contributed by atoms with van der Waals surface area (Å²) in [6.07, 6.45) is 4.12. The fourth-order valence-electron chi connectivity index (χ4n) is 0.908. The average molecular weight is 156 g/mol. The topological polar surface area (TPSA) is 59.1 Å². The van der Waals surface area contributed by atoms with Gasteiger partial charge in [0.1, 0.15) is 0 Å². The van der Waals surface area contributed by atoms with E-state index in [2.05, 4.69) is 0 Å². The molecule has 1 atom stereocenters. The first-order chi connectivity index (χ1) is 5.20. The second-order valence-electron chi connectivity index (χ2n) is 3.24. The Balaban J connectivity index is 2.05. The molecule has 1 aliphatic rings. The van der Waals surface area contributed by atoms with Gasteiger partial charge in [-0.3, -0.25) is 5.41 Å². The summed E-state index contributed by atoms with van der Waals surface area (Å²) in [7, 11) is 0. The van der Waals surface area contributed by atoms with Gasteiger partial charge in [-0.25, -0.2) is 0 Å². The third kappa shape index (κ3) is 2.50.